The van der Waals surface area contributed by atoms with E-state index in [1.54, 1.807) is 0 Å². The van der Waals surface area contributed by atoms with Crippen LogP contribution in [-0.2, 0) is 6.18 Å². The van der Waals surface area contributed by atoms with Gasteiger partial charge in [0, 0.05) is 0 Å². The summed E-state index contributed by atoms with van der Waals surface area (Å²) in [4.78, 5) is 0. The summed E-state index contributed by atoms with van der Waals surface area (Å²) in [6.45, 7) is 0. The normalized spacial score (nSPS) is 11.4. The third kappa shape index (κ3) is 3.14. The number of hydrogen-bond donors (Lipinski definition) is 0. The van der Waals surface area contributed by atoms with Gasteiger partial charge in [0.15, 0.2) is 0 Å². The zero-order chi connectivity index (χ0) is 14.0. The summed E-state index contributed by atoms with van der Waals surface area (Å²) < 4.78 is 43.5. The number of benzene rings is 2. The molecule has 0 aliphatic rings. The molecule has 1 radical (unpaired) electrons. The lowest BCUT2D eigenvalue weighted by molar-refractivity contribution is -0.138. The minimum absolute atomic E-state index is 0.0603. The van der Waals surface area contributed by atoms with Crippen LogP contribution >= 0.6 is 23.2 Å². The van der Waals surface area contributed by atoms with Gasteiger partial charge in [-0.15, -0.1) is 0 Å². The summed E-state index contributed by atoms with van der Waals surface area (Å²) >= 11 is 11.6. The molecule has 0 atom stereocenters. The number of hydrogen-bond acceptors (Lipinski definition) is 1. The molecule has 99 valence electrons. The number of halogens is 5. The first-order chi connectivity index (χ1) is 8.89. The first-order valence-electron chi connectivity index (χ1n) is 5.09. The third-order valence-corrected chi connectivity index (χ3v) is 3.07. The number of ether oxygens (including phenoxy) is 1. The molecule has 0 spiro atoms. The van der Waals surface area contributed by atoms with Crippen LogP contribution in [0.1, 0.15) is 5.56 Å². The Morgan fingerprint density at radius 1 is 1.05 bits per heavy atom. The quantitative estimate of drug-likeness (QED) is 0.701. The predicted octanol–water partition coefficient (Wildman–Crippen LogP) is 5.60. The Labute approximate surface area is 117 Å². The molecule has 0 bridgehead atoms. The van der Waals surface area contributed by atoms with Gasteiger partial charge in [-0.3, -0.25) is 0 Å². The van der Waals surface area contributed by atoms with Crippen molar-refractivity contribution in [3.8, 4) is 11.5 Å². The van der Waals surface area contributed by atoms with Gasteiger partial charge in [0.2, 0.25) is 0 Å². The molecule has 19 heavy (non-hydrogen) atoms. The molecule has 0 unspecified atom stereocenters. The van der Waals surface area contributed by atoms with Crippen LogP contribution in [0.15, 0.2) is 36.4 Å². The van der Waals surface area contributed by atoms with Gasteiger partial charge in [-0.2, -0.15) is 13.2 Å². The summed E-state index contributed by atoms with van der Waals surface area (Å²) in [5.41, 5.74) is -0.925. The Bertz CT molecular complexity index is 597. The third-order valence-electron chi connectivity index (χ3n) is 2.27. The first-order valence-corrected chi connectivity index (χ1v) is 5.84. The molecule has 0 aromatic heterocycles. The van der Waals surface area contributed by atoms with Gasteiger partial charge in [0.05, 0.1) is 10.6 Å². The smallest absolute Gasteiger partial charge is 0.420 e. The van der Waals surface area contributed by atoms with E-state index in [1.807, 2.05) is 0 Å². The second-order valence-electron chi connectivity index (χ2n) is 3.57. The highest BCUT2D eigenvalue weighted by atomic mass is 35.5. The summed E-state index contributed by atoms with van der Waals surface area (Å²) in [6.07, 6.45) is -4.53. The minimum Gasteiger partial charge on any atom is -0.455 e. The second kappa shape index (κ2) is 5.31. The molecule has 0 N–H and O–H groups in total. The van der Waals surface area contributed by atoms with E-state index < -0.39 is 11.7 Å². The van der Waals surface area contributed by atoms with Gasteiger partial charge in [0.25, 0.3) is 0 Å². The number of alkyl halides is 3. The van der Waals surface area contributed by atoms with Crippen molar-refractivity contribution in [1.29, 1.82) is 0 Å². The van der Waals surface area contributed by atoms with E-state index in [0.717, 1.165) is 6.07 Å². The highest BCUT2D eigenvalue weighted by molar-refractivity contribution is 6.42. The summed E-state index contributed by atoms with van der Waals surface area (Å²) in [7, 11) is 0. The summed E-state index contributed by atoms with van der Waals surface area (Å²) in [5.74, 6) is -0.290. The molecule has 0 fully saturated rings. The van der Waals surface area contributed by atoms with Crippen molar-refractivity contribution in [2.75, 3.05) is 0 Å². The molecule has 2 aromatic rings. The van der Waals surface area contributed by atoms with Crippen molar-refractivity contribution in [3.63, 3.8) is 0 Å². The van der Waals surface area contributed by atoms with Crippen LogP contribution in [0.25, 0.3) is 0 Å². The van der Waals surface area contributed by atoms with Crippen molar-refractivity contribution in [3.05, 3.63) is 58.1 Å². The molecule has 2 aromatic carbocycles. The van der Waals surface area contributed by atoms with Gasteiger partial charge >= 0.3 is 6.18 Å². The molecule has 1 nitrogen and oxygen atoms in total. The van der Waals surface area contributed by atoms with E-state index in [0.29, 0.717) is 0 Å². The van der Waals surface area contributed by atoms with Gasteiger partial charge in [-0.1, -0.05) is 35.3 Å². The van der Waals surface area contributed by atoms with E-state index in [9.17, 15) is 13.2 Å². The standard InChI is InChI=1S/C13H6Cl2F3O/c14-9-5-3-7-11(12(9)15)19-10-6-2-1-4-8(10)13(16,17)18/h2-7H. The average molecular weight is 306 g/mol. The highest BCUT2D eigenvalue weighted by Crippen LogP contribution is 2.40. The molecule has 0 heterocycles. The maximum Gasteiger partial charge on any atom is 0.420 e. The number of rotatable bonds is 2. The molecule has 0 amide bonds. The Hall–Kier alpha value is -1.39. The Morgan fingerprint density at radius 3 is 2.47 bits per heavy atom. The van der Waals surface area contributed by atoms with Crippen LogP contribution in [0.2, 0.25) is 10.0 Å². The van der Waals surface area contributed by atoms with E-state index in [4.69, 9.17) is 27.9 Å². The molecule has 0 aliphatic heterocycles. The SMILES string of the molecule is FC(F)(F)c1c[c]ccc1Oc1cccc(Cl)c1Cl. The molecule has 0 aliphatic carbocycles. The fourth-order valence-electron chi connectivity index (χ4n) is 1.41. The van der Waals surface area contributed by atoms with Crippen molar-refractivity contribution >= 4 is 23.2 Å². The van der Waals surface area contributed by atoms with Crippen molar-refractivity contribution in [2.45, 2.75) is 6.18 Å². The van der Waals surface area contributed by atoms with Crippen LogP contribution in [0, 0.1) is 6.07 Å². The molecule has 6 heteroatoms. The van der Waals surface area contributed by atoms with Gasteiger partial charge in [-0.25, -0.2) is 0 Å². The van der Waals surface area contributed by atoms with E-state index in [1.165, 1.54) is 30.3 Å². The minimum atomic E-state index is -4.53. The van der Waals surface area contributed by atoms with Gasteiger partial charge in [-0.05, 0) is 30.3 Å². The van der Waals surface area contributed by atoms with Crippen molar-refractivity contribution in [1.82, 2.24) is 0 Å². The fraction of sp³-hybridized carbons (Fsp3) is 0.0769. The van der Waals surface area contributed by atoms with E-state index in [2.05, 4.69) is 6.07 Å². The predicted molar refractivity (Wildman–Crippen MR) is 66.8 cm³/mol. The second-order valence-corrected chi connectivity index (χ2v) is 4.36. The van der Waals surface area contributed by atoms with Crippen molar-refractivity contribution in [2.24, 2.45) is 0 Å². The molecular weight excluding hydrogens is 300 g/mol. The Kier molecular flexibility index (Phi) is 3.92. The maximum absolute atomic E-state index is 12.8. The topological polar surface area (TPSA) is 9.23 Å². The lowest BCUT2D eigenvalue weighted by Gasteiger charge is -2.14. The lowest BCUT2D eigenvalue weighted by atomic mass is 10.2. The first kappa shape index (κ1) is 14.0. The zero-order valence-corrected chi connectivity index (χ0v) is 10.8. The molecule has 0 saturated carbocycles. The average Bonchev–Trinajstić information content (AvgIpc) is 2.34. The summed E-state index contributed by atoms with van der Waals surface area (Å²) in [5, 5.41) is 0.264. The Balaban J connectivity index is 2.42. The molecule has 0 saturated heterocycles. The van der Waals surface area contributed by atoms with Crippen LogP contribution in [0.4, 0.5) is 13.2 Å². The van der Waals surface area contributed by atoms with Crippen LogP contribution in [-0.4, -0.2) is 0 Å². The van der Waals surface area contributed by atoms with Crippen LogP contribution < -0.4 is 4.74 Å². The summed E-state index contributed by atoms with van der Waals surface area (Å²) in [6, 6.07) is 10.1. The van der Waals surface area contributed by atoms with Crippen molar-refractivity contribution < 1.29 is 17.9 Å². The van der Waals surface area contributed by atoms with Crippen LogP contribution in [0.5, 0.6) is 11.5 Å². The van der Waals surface area contributed by atoms with Gasteiger partial charge in [0.1, 0.15) is 16.5 Å². The van der Waals surface area contributed by atoms with E-state index in [-0.39, 0.29) is 21.5 Å². The highest BCUT2D eigenvalue weighted by Gasteiger charge is 2.34. The Morgan fingerprint density at radius 2 is 1.79 bits per heavy atom. The maximum atomic E-state index is 12.8. The fourth-order valence-corrected chi connectivity index (χ4v) is 1.74. The molecule has 2 rings (SSSR count). The van der Waals surface area contributed by atoms with E-state index >= 15 is 0 Å². The zero-order valence-electron chi connectivity index (χ0n) is 9.26. The monoisotopic (exact) mass is 305 g/mol. The lowest BCUT2D eigenvalue weighted by Crippen LogP contribution is -2.06. The largest absolute Gasteiger partial charge is 0.455 e. The molecular formula is C13H6Cl2F3O. The van der Waals surface area contributed by atoms with Gasteiger partial charge < -0.3 is 4.74 Å². The van der Waals surface area contributed by atoms with Crippen LogP contribution in [0.3, 0.4) is 0 Å².